The van der Waals surface area contributed by atoms with E-state index in [9.17, 15) is 14.4 Å². The van der Waals surface area contributed by atoms with Gasteiger partial charge in [0.1, 0.15) is 5.75 Å². The van der Waals surface area contributed by atoms with E-state index in [1.165, 1.54) is 18.9 Å². The minimum atomic E-state index is -0.650. The molecule has 2 bridgehead atoms. The number of ether oxygens (including phenoxy) is 1. The van der Waals surface area contributed by atoms with Crippen molar-refractivity contribution in [3.63, 3.8) is 0 Å². The molecule has 7 rings (SSSR count). The third-order valence-corrected chi connectivity index (χ3v) is 8.47. The molecule has 0 spiro atoms. The molecule has 3 aliphatic carbocycles. The molecule has 2 amide bonds. The minimum Gasteiger partial charge on any atom is -0.495 e. The fourth-order valence-corrected chi connectivity index (χ4v) is 6.89. The second-order valence-corrected chi connectivity index (χ2v) is 9.91. The second kappa shape index (κ2) is 6.66. The normalized spacial score (nSPS) is 28.4. The maximum Gasteiger partial charge on any atom is 0.239 e. The number of carbonyl (C=O) groups excluding carboxylic acids is 3. The lowest BCUT2D eigenvalue weighted by Gasteiger charge is -2.57. The van der Waals surface area contributed by atoms with Gasteiger partial charge in [-0.3, -0.25) is 14.4 Å². The summed E-state index contributed by atoms with van der Waals surface area (Å²) in [5, 5.41) is 0. The van der Waals surface area contributed by atoms with Gasteiger partial charge < -0.3 is 4.74 Å². The fraction of sp³-hybridized carbons (Fsp3) is 0.276. The molecule has 0 aromatic heterocycles. The van der Waals surface area contributed by atoms with Gasteiger partial charge in [-0.2, -0.15) is 0 Å². The summed E-state index contributed by atoms with van der Waals surface area (Å²) in [6.45, 7) is 5.66. The Kier molecular flexibility index (Phi) is 4.08. The van der Waals surface area contributed by atoms with Gasteiger partial charge in [0.05, 0.1) is 24.6 Å². The molecule has 1 fully saturated rings. The van der Waals surface area contributed by atoms with Crippen LogP contribution in [0, 0.1) is 11.8 Å². The first-order valence-electron chi connectivity index (χ1n) is 11.5. The van der Waals surface area contributed by atoms with Crippen LogP contribution >= 0.6 is 0 Å². The minimum absolute atomic E-state index is 0.140. The van der Waals surface area contributed by atoms with E-state index in [2.05, 4.69) is 38.1 Å². The fourth-order valence-electron chi connectivity index (χ4n) is 6.89. The Morgan fingerprint density at radius 2 is 1.24 bits per heavy atom. The molecule has 4 aliphatic rings. The van der Waals surface area contributed by atoms with E-state index in [1.54, 1.807) is 18.2 Å². The summed E-state index contributed by atoms with van der Waals surface area (Å²) in [7, 11) is 1.50. The quantitative estimate of drug-likeness (QED) is 0.430. The van der Waals surface area contributed by atoms with Crippen molar-refractivity contribution in [2.75, 3.05) is 12.0 Å². The van der Waals surface area contributed by atoms with E-state index in [0.29, 0.717) is 17.0 Å². The SMILES string of the molecule is COc1ccc(C(C)=O)cc1N1C(=O)[C@@H]2[C@@H](C1=O)C1(C)c3ccccc3C2(C)c2ccccc21. The van der Waals surface area contributed by atoms with Gasteiger partial charge in [0.2, 0.25) is 11.8 Å². The molecule has 3 aromatic carbocycles. The van der Waals surface area contributed by atoms with Crippen molar-refractivity contribution in [3.05, 3.63) is 94.5 Å². The highest BCUT2D eigenvalue weighted by Gasteiger charge is 2.70. The van der Waals surface area contributed by atoms with Crippen molar-refractivity contribution in [3.8, 4) is 5.75 Å². The summed E-state index contributed by atoms with van der Waals surface area (Å²) in [4.78, 5) is 41.8. The number of anilines is 1. The van der Waals surface area contributed by atoms with Crippen molar-refractivity contribution >= 4 is 23.3 Å². The lowest BCUT2D eigenvalue weighted by molar-refractivity contribution is -0.124. The molecule has 34 heavy (non-hydrogen) atoms. The van der Waals surface area contributed by atoms with Crippen LogP contribution in [0.4, 0.5) is 5.69 Å². The number of imide groups is 1. The van der Waals surface area contributed by atoms with E-state index < -0.39 is 22.7 Å². The van der Waals surface area contributed by atoms with Crippen molar-refractivity contribution in [2.45, 2.75) is 31.6 Å². The Bertz CT molecular complexity index is 1300. The Morgan fingerprint density at radius 3 is 1.62 bits per heavy atom. The average molecular weight is 452 g/mol. The van der Waals surface area contributed by atoms with Crippen LogP contribution < -0.4 is 9.64 Å². The smallest absolute Gasteiger partial charge is 0.239 e. The zero-order chi connectivity index (χ0) is 24.0. The number of ketones is 1. The number of hydrogen-bond acceptors (Lipinski definition) is 4. The number of nitrogens with zero attached hydrogens (tertiary/aromatic N) is 1. The monoisotopic (exact) mass is 451 g/mol. The van der Waals surface area contributed by atoms with Gasteiger partial charge >= 0.3 is 0 Å². The van der Waals surface area contributed by atoms with E-state index >= 15 is 0 Å². The van der Waals surface area contributed by atoms with Gasteiger partial charge in [-0.15, -0.1) is 0 Å². The molecule has 0 saturated carbocycles. The summed E-state index contributed by atoms with van der Waals surface area (Å²) in [5.74, 6) is -1.35. The molecule has 0 radical (unpaired) electrons. The van der Waals surface area contributed by atoms with Crippen LogP contribution in [-0.2, 0) is 20.4 Å². The molecule has 2 atom stereocenters. The van der Waals surface area contributed by atoms with Crippen LogP contribution in [0.1, 0.15) is 53.4 Å². The highest BCUT2D eigenvalue weighted by atomic mass is 16.5. The van der Waals surface area contributed by atoms with Gasteiger partial charge in [0.25, 0.3) is 0 Å². The Labute approximate surface area is 198 Å². The number of Topliss-reactive ketones (excluding diaryl/α,β-unsaturated/α-hetero) is 1. The molecule has 1 aliphatic heterocycles. The topological polar surface area (TPSA) is 63.7 Å². The van der Waals surface area contributed by atoms with Gasteiger partial charge in [-0.1, -0.05) is 62.4 Å². The number of benzene rings is 3. The number of amides is 2. The molecule has 0 unspecified atom stereocenters. The second-order valence-electron chi connectivity index (χ2n) is 9.91. The molecule has 170 valence electrons. The Hall–Kier alpha value is -3.73. The van der Waals surface area contributed by atoms with Gasteiger partial charge in [0, 0.05) is 16.4 Å². The summed E-state index contributed by atoms with van der Waals surface area (Å²) >= 11 is 0. The average Bonchev–Trinajstić information content (AvgIpc) is 3.13. The summed E-state index contributed by atoms with van der Waals surface area (Å²) < 4.78 is 5.53. The van der Waals surface area contributed by atoms with Gasteiger partial charge in [-0.05, 0) is 47.4 Å². The van der Waals surface area contributed by atoms with Gasteiger partial charge in [-0.25, -0.2) is 4.90 Å². The molecule has 0 N–H and O–H groups in total. The molecular weight excluding hydrogens is 426 g/mol. The van der Waals surface area contributed by atoms with E-state index in [0.717, 1.165) is 22.3 Å². The molecule has 5 heteroatoms. The molecular formula is C29H25NO4. The molecule has 3 aromatic rings. The zero-order valence-electron chi connectivity index (χ0n) is 19.6. The predicted octanol–water partition coefficient (Wildman–Crippen LogP) is 4.64. The van der Waals surface area contributed by atoms with Crippen molar-refractivity contribution in [1.29, 1.82) is 0 Å². The maximum atomic E-state index is 14.2. The summed E-state index contributed by atoms with van der Waals surface area (Å²) in [5.41, 5.74) is 3.87. The van der Waals surface area contributed by atoms with E-state index in [-0.39, 0.29) is 17.6 Å². The van der Waals surface area contributed by atoms with Crippen LogP contribution in [0.5, 0.6) is 5.75 Å². The predicted molar refractivity (Wildman–Crippen MR) is 128 cm³/mol. The standard InChI is InChI=1S/C29H25NO4/c1-16(31)17-13-14-23(34-4)22(15-17)30-26(32)24-25(27(30)33)29(3)20-11-7-5-9-18(20)28(24,2)19-10-6-8-12-21(19)29/h5-15,24-25H,1-4H3/t24-,25-,28?,29?/m0/s1. The highest BCUT2D eigenvalue weighted by molar-refractivity contribution is 6.25. The molecule has 1 saturated heterocycles. The van der Waals surface area contributed by atoms with Gasteiger partial charge in [0.15, 0.2) is 5.78 Å². The number of methoxy groups -OCH3 is 1. The first-order chi connectivity index (χ1) is 16.3. The number of rotatable bonds is 3. The third kappa shape index (κ3) is 2.22. The largest absolute Gasteiger partial charge is 0.495 e. The Morgan fingerprint density at radius 1 is 0.794 bits per heavy atom. The zero-order valence-corrected chi connectivity index (χ0v) is 19.6. The summed E-state index contributed by atoms with van der Waals surface area (Å²) in [6, 6.07) is 21.3. The molecule has 5 nitrogen and oxygen atoms in total. The van der Waals surface area contributed by atoms with E-state index in [1.807, 2.05) is 24.3 Å². The Balaban J connectivity index is 1.63. The lowest BCUT2D eigenvalue weighted by Crippen LogP contribution is -2.59. The lowest BCUT2D eigenvalue weighted by atomic mass is 9.42. The van der Waals surface area contributed by atoms with Crippen LogP contribution in [-0.4, -0.2) is 24.7 Å². The van der Waals surface area contributed by atoms with Crippen LogP contribution in [0.2, 0.25) is 0 Å². The van der Waals surface area contributed by atoms with E-state index in [4.69, 9.17) is 4.74 Å². The van der Waals surface area contributed by atoms with Crippen molar-refractivity contribution in [2.24, 2.45) is 11.8 Å². The molecule has 1 heterocycles. The van der Waals surface area contributed by atoms with Crippen molar-refractivity contribution in [1.82, 2.24) is 0 Å². The van der Waals surface area contributed by atoms with Crippen LogP contribution in [0.15, 0.2) is 66.7 Å². The van der Waals surface area contributed by atoms with Crippen molar-refractivity contribution < 1.29 is 19.1 Å². The first kappa shape index (κ1) is 20.8. The summed E-state index contributed by atoms with van der Waals surface area (Å²) in [6.07, 6.45) is 0. The van der Waals surface area contributed by atoms with Crippen LogP contribution in [0.3, 0.4) is 0 Å². The third-order valence-electron chi connectivity index (χ3n) is 8.47. The number of hydrogen-bond donors (Lipinski definition) is 0. The maximum absolute atomic E-state index is 14.2. The number of carbonyl (C=O) groups is 3. The highest BCUT2D eigenvalue weighted by Crippen LogP contribution is 2.66. The first-order valence-corrected chi connectivity index (χ1v) is 11.5. The van der Waals surface area contributed by atoms with Crippen LogP contribution in [0.25, 0.3) is 0 Å².